The van der Waals surface area contributed by atoms with Crippen molar-refractivity contribution in [1.82, 2.24) is 4.90 Å². The molecule has 1 aliphatic heterocycles. The summed E-state index contributed by atoms with van der Waals surface area (Å²) in [7, 11) is 1.65. The van der Waals surface area contributed by atoms with Crippen molar-refractivity contribution in [3.63, 3.8) is 0 Å². The van der Waals surface area contributed by atoms with Crippen LogP contribution in [-0.4, -0.2) is 27.1 Å². The van der Waals surface area contributed by atoms with E-state index in [0.717, 1.165) is 11.1 Å². The highest BCUT2D eigenvalue weighted by atomic mass is 32.2. The number of ether oxygens (including phenoxy) is 1. The third-order valence-corrected chi connectivity index (χ3v) is 5.22. The number of hydrogen-bond donors (Lipinski definition) is 0. The average molecular weight is 386 g/mol. The Hall–Kier alpha value is -2.71. The van der Waals surface area contributed by atoms with Crippen molar-refractivity contribution >= 4 is 46.0 Å². The Labute approximate surface area is 159 Å². The van der Waals surface area contributed by atoms with Gasteiger partial charge in [-0.3, -0.25) is 19.8 Å². The molecule has 0 saturated carbocycles. The lowest BCUT2D eigenvalue weighted by molar-refractivity contribution is -0.384. The minimum Gasteiger partial charge on any atom is -0.488 e. The van der Waals surface area contributed by atoms with Crippen LogP contribution in [-0.2, 0) is 11.4 Å². The minimum absolute atomic E-state index is 0.0377. The zero-order valence-electron chi connectivity index (χ0n) is 13.7. The average Bonchev–Trinajstić information content (AvgIpc) is 2.88. The van der Waals surface area contributed by atoms with Crippen LogP contribution in [0.5, 0.6) is 5.75 Å². The lowest BCUT2D eigenvalue weighted by Gasteiger charge is -2.09. The second kappa shape index (κ2) is 7.67. The highest BCUT2D eigenvalue weighted by Crippen LogP contribution is 2.33. The van der Waals surface area contributed by atoms with Crippen LogP contribution in [0.4, 0.5) is 5.69 Å². The van der Waals surface area contributed by atoms with Crippen LogP contribution in [0.15, 0.2) is 53.4 Å². The predicted octanol–water partition coefficient (Wildman–Crippen LogP) is 4.00. The summed E-state index contributed by atoms with van der Waals surface area (Å²) in [4.78, 5) is 24.4. The first kappa shape index (κ1) is 18.1. The molecule has 0 N–H and O–H groups in total. The topological polar surface area (TPSA) is 72.7 Å². The molecule has 132 valence electrons. The molecule has 0 aromatic heterocycles. The van der Waals surface area contributed by atoms with Gasteiger partial charge in [-0.05, 0) is 29.8 Å². The molecular formula is C18H14N2O4S2. The summed E-state index contributed by atoms with van der Waals surface area (Å²) in [5, 5.41) is 10.7. The minimum atomic E-state index is -0.441. The van der Waals surface area contributed by atoms with E-state index in [0.29, 0.717) is 15.0 Å². The van der Waals surface area contributed by atoms with Gasteiger partial charge in [0.15, 0.2) is 0 Å². The zero-order valence-corrected chi connectivity index (χ0v) is 15.4. The van der Waals surface area contributed by atoms with Crippen molar-refractivity contribution in [2.75, 3.05) is 7.05 Å². The number of non-ortho nitro benzene ring substituents is 1. The number of carbonyl (C=O) groups is 1. The van der Waals surface area contributed by atoms with Gasteiger partial charge < -0.3 is 4.74 Å². The van der Waals surface area contributed by atoms with E-state index in [9.17, 15) is 14.9 Å². The number of rotatable bonds is 5. The molecule has 2 aromatic carbocycles. The van der Waals surface area contributed by atoms with E-state index >= 15 is 0 Å². The zero-order chi connectivity index (χ0) is 18.7. The molecule has 1 saturated heterocycles. The molecule has 26 heavy (non-hydrogen) atoms. The fourth-order valence-electron chi connectivity index (χ4n) is 2.29. The highest BCUT2D eigenvalue weighted by Gasteiger charge is 2.28. The number of carbonyl (C=O) groups excluding carboxylic acids is 1. The molecule has 0 radical (unpaired) electrons. The van der Waals surface area contributed by atoms with E-state index in [1.54, 1.807) is 25.3 Å². The molecule has 1 aliphatic rings. The maximum atomic E-state index is 12.2. The molecule has 1 heterocycles. The van der Waals surface area contributed by atoms with E-state index in [2.05, 4.69) is 0 Å². The van der Waals surface area contributed by atoms with Crippen molar-refractivity contribution in [3.05, 3.63) is 74.7 Å². The third-order valence-electron chi connectivity index (χ3n) is 3.73. The van der Waals surface area contributed by atoms with Crippen molar-refractivity contribution < 1.29 is 14.5 Å². The summed E-state index contributed by atoms with van der Waals surface area (Å²) in [6.45, 7) is 0.261. The van der Waals surface area contributed by atoms with Crippen molar-refractivity contribution in [1.29, 1.82) is 0 Å². The number of nitrogens with zero attached hydrogens (tertiary/aromatic N) is 2. The van der Waals surface area contributed by atoms with E-state index in [4.69, 9.17) is 17.0 Å². The number of hydrogen-bond acceptors (Lipinski definition) is 6. The van der Waals surface area contributed by atoms with Gasteiger partial charge in [0.2, 0.25) is 0 Å². The van der Waals surface area contributed by atoms with Crippen molar-refractivity contribution in [3.8, 4) is 5.75 Å². The van der Waals surface area contributed by atoms with E-state index in [1.165, 1.54) is 28.8 Å². The molecule has 0 bridgehead atoms. The fraction of sp³-hybridized carbons (Fsp3) is 0.111. The van der Waals surface area contributed by atoms with Gasteiger partial charge in [-0.1, -0.05) is 42.2 Å². The van der Waals surface area contributed by atoms with Crippen LogP contribution < -0.4 is 4.74 Å². The van der Waals surface area contributed by atoms with Crippen molar-refractivity contribution in [2.24, 2.45) is 0 Å². The summed E-state index contributed by atoms with van der Waals surface area (Å²) in [6.07, 6.45) is 1.76. The smallest absolute Gasteiger partial charge is 0.269 e. The van der Waals surface area contributed by atoms with Crippen LogP contribution >= 0.6 is 24.0 Å². The molecule has 2 aromatic rings. The normalized spacial score (nSPS) is 15.6. The Bertz CT molecular complexity index is 910. The molecule has 1 fully saturated rings. The number of thiocarbonyl (C=S) groups is 1. The maximum absolute atomic E-state index is 12.2. The van der Waals surface area contributed by atoms with Crippen LogP contribution in [0.3, 0.4) is 0 Å². The van der Waals surface area contributed by atoms with Gasteiger partial charge in [-0.2, -0.15) is 0 Å². The summed E-state index contributed by atoms with van der Waals surface area (Å²) < 4.78 is 6.36. The Kier molecular flexibility index (Phi) is 5.34. The molecule has 6 nitrogen and oxygen atoms in total. The largest absolute Gasteiger partial charge is 0.488 e. The summed E-state index contributed by atoms with van der Waals surface area (Å²) in [5.41, 5.74) is 1.62. The monoisotopic (exact) mass is 386 g/mol. The predicted molar refractivity (Wildman–Crippen MR) is 105 cm³/mol. The van der Waals surface area contributed by atoms with E-state index in [1.807, 2.05) is 24.3 Å². The number of para-hydroxylation sites is 1. The highest BCUT2D eigenvalue weighted by molar-refractivity contribution is 8.26. The standard InChI is InChI=1S/C18H14N2O4S2/c1-19-17(21)16(26-18(19)25)10-13-4-2-3-5-15(13)24-11-12-6-8-14(9-7-12)20(22)23/h2-10H,11H2,1H3/b16-10-. The fourth-order valence-corrected chi connectivity index (χ4v) is 3.46. The molecule has 0 unspecified atom stereocenters. The first-order valence-corrected chi connectivity index (χ1v) is 8.85. The molecule has 1 amide bonds. The van der Waals surface area contributed by atoms with Gasteiger partial charge in [0, 0.05) is 24.7 Å². The first-order valence-electron chi connectivity index (χ1n) is 7.62. The number of likely N-dealkylation sites (N-methyl/N-ethyl adjacent to an activating group) is 1. The maximum Gasteiger partial charge on any atom is 0.269 e. The summed E-state index contributed by atoms with van der Waals surface area (Å²) >= 11 is 6.39. The third kappa shape index (κ3) is 3.92. The molecule has 8 heteroatoms. The molecular weight excluding hydrogens is 372 g/mol. The number of amides is 1. The summed E-state index contributed by atoms with van der Waals surface area (Å²) in [5.74, 6) is 0.484. The van der Waals surface area contributed by atoms with E-state index in [-0.39, 0.29) is 18.2 Å². The number of benzene rings is 2. The Balaban J connectivity index is 1.76. The van der Waals surface area contributed by atoms with Crippen LogP contribution in [0.2, 0.25) is 0 Å². The lowest BCUT2D eigenvalue weighted by Crippen LogP contribution is -2.22. The molecule has 0 spiro atoms. The quantitative estimate of drug-likeness (QED) is 0.335. The van der Waals surface area contributed by atoms with Gasteiger partial charge in [0.1, 0.15) is 16.7 Å². The van der Waals surface area contributed by atoms with Gasteiger partial charge in [0.05, 0.1) is 9.83 Å². The van der Waals surface area contributed by atoms with Gasteiger partial charge in [-0.15, -0.1) is 0 Å². The second-order valence-corrected chi connectivity index (χ2v) is 7.17. The Morgan fingerprint density at radius 1 is 1.23 bits per heavy atom. The van der Waals surface area contributed by atoms with Gasteiger partial charge >= 0.3 is 0 Å². The molecule has 0 aliphatic carbocycles. The SMILES string of the molecule is CN1C(=O)/C(=C/c2ccccc2OCc2ccc([N+](=O)[O-])cc2)SC1=S. The number of nitro groups is 1. The lowest BCUT2D eigenvalue weighted by atomic mass is 10.1. The van der Waals surface area contributed by atoms with Gasteiger partial charge in [0.25, 0.3) is 11.6 Å². The van der Waals surface area contributed by atoms with Crippen LogP contribution in [0.1, 0.15) is 11.1 Å². The van der Waals surface area contributed by atoms with Gasteiger partial charge in [-0.25, -0.2) is 0 Å². The van der Waals surface area contributed by atoms with Crippen LogP contribution in [0, 0.1) is 10.1 Å². The number of thioether (sulfide) groups is 1. The Morgan fingerprint density at radius 3 is 2.54 bits per heavy atom. The number of nitro benzene ring substituents is 1. The Morgan fingerprint density at radius 2 is 1.92 bits per heavy atom. The van der Waals surface area contributed by atoms with E-state index < -0.39 is 4.92 Å². The summed E-state index contributed by atoms with van der Waals surface area (Å²) in [6, 6.07) is 13.6. The van der Waals surface area contributed by atoms with Crippen LogP contribution in [0.25, 0.3) is 6.08 Å². The second-order valence-electron chi connectivity index (χ2n) is 5.49. The molecule has 0 atom stereocenters. The first-order chi connectivity index (χ1) is 12.5. The van der Waals surface area contributed by atoms with Crippen molar-refractivity contribution in [2.45, 2.75) is 6.61 Å². The molecule has 3 rings (SSSR count).